The Morgan fingerprint density at radius 1 is 1.00 bits per heavy atom. The first-order valence-electron chi connectivity index (χ1n) is 8.17. The van der Waals surface area contributed by atoms with E-state index in [0.717, 1.165) is 32.3 Å². The highest BCUT2D eigenvalue weighted by Gasteiger charge is 2.20. The van der Waals surface area contributed by atoms with Gasteiger partial charge in [-0.15, -0.1) is 0 Å². The average molecular weight is 366 g/mol. The molecule has 0 bridgehead atoms. The summed E-state index contributed by atoms with van der Waals surface area (Å²) >= 11 is 6.39. The van der Waals surface area contributed by atoms with Crippen LogP contribution in [0.2, 0.25) is 5.02 Å². The van der Waals surface area contributed by atoms with E-state index < -0.39 is 5.69 Å². The summed E-state index contributed by atoms with van der Waals surface area (Å²) in [5.74, 6) is 0.330. The maximum atomic E-state index is 12.7. The molecule has 2 heterocycles. The molecule has 0 spiro atoms. The van der Waals surface area contributed by atoms with Crippen molar-refractivity contribution < 1.29 is 0 Å². The first-order chi connectivity index (χ1) is 12.4. The van der Waals surface area contributed by atoms with Crippen LogP contribution < -0.4 is 11.2 Å². The molecule has 5 nitrogen and oxygen atoms in total. The van der Waals surface area contributed by atoms with Crippen molar-refractivity contribution in [2.45, 2.75) is 13.8 Å². The smallest absolute Gasteiger partial charge is 0.294 e. The fraction of sp³-hybridized carbons (Fsp3) is 0.150. The topological polar surface area (TPSA) is 56.9 Å². The standard InChI is InChI=1S/C20H16ClN3O2/c1-11-7-8-13(9-12(11)2)24-17-6-4-5-16(21)14(17)10-15-18(24)22-20(26)23(3)19(15)25/h4-10H,1-3H3. The Bertz CT molecular complexity index is 1270. The average Bonchev–Trinajstić information content (AvgIpc) is 2.61. The van der Waals surface area contributed by atoms with Gasteiger partial charge in [0.05, 0.1) is 11.1 Å². The van der Waals surface area contributed by atoms with Gasteiger partial charge in [-0.05, 0) is 55.3 Å². The second-order valence-electron chi connectivity index (χ2n) is 6.42. The van der Waals surface area contributed by atoms with Gasteiger partial charge in [0.2, 0.25) is 0 Å². The number of hydrogen-bond donors (Lipinski definition) is 0. The quantitative estimate of drug-likeness (QED) is 0.485. The third kappa shape index (κ3) is 2.35. The predicted octanol–water partition coefficient (Wildman–Crippen LogP) is 3.46. The summed E-state index contributed by atoms with van der Waals surface area (Å²) in [7, 11) is 1.42. The van der Waals surface area contributed by atoms with E-state index in [1.165, 1.54) is 7.05 Å². The van der Waals surface area contributed by atoms with Crippen molar-refractivity contribution in [1.82, 2.24) is 14.1 Å². The van der Waals surface area contributed by atoms with Crippen molar-refractivity contribution in [3.05, 3.63) is 79.5 Å². The molecule has 0 fully saturated rings. The summed E-state index contributed by atoms with van der Waals surface area (Å²) in [5.41, 5.74) is 3.25. The summed E-state index contributed by atoms with van der Waals surface area (Å²) in [4.78, 5) is 29.0. The summed E-state index contributed by atoms with van der Waals surface area (Å²) in [6.07, 6.45) is 0. The summed E-state index contributed by atoms with van der Waals surface area (Å²) < 4.78 is 2.83. The molecular weight excluding hydrogens is 350 g/mol. The molecule has 6 heteroatoms. The van der Waals surface area contributed by atoms with Crippen molar-refractivity contribution in [3.8, 4) is 17.1 Å². The van der Waals surface area contributed by atoms with E-state index in [1.807, 2.05) is 48.7 Å². The summed E-state index contributed by atoms with van der Waals surface area (Å²) in [6.45, 7) is 4.05. The highest BCUT2D eigenvalue weighted by molar-refractivity contribution is 6.35. The normalized spacial score (nSPS) is 11.4. The van der Waals surface area contributed by atoms with Crippen LogP contribution in [0.4, 0.5) is 0 Å². The summed E-state index contributed by atoms with van der Waals surface area (Å²) in [6, 6.07) is 13.2. The van der Waals surface area contributed by atoms with Gasteiger partial charge < -0.3 is 0 Å². The fourth-order valence-corrected chi connectivity index (χ4v) is 3.36. The molecule has 130 valence electrons. The SMILES string of the molecule is Cc1ccc(-n2c3nc(=O)n(C)c(=O)c-3cc3c(Cl)cccc32)cc1C. The number of hydrogen-bond acceptors (Lipinski definition) is 3. The second kappa shape index (κ2) is 5.81. The van der Waals surface area contributed by atoms with Crippen LogP contribution in [0.25, 0.3) is 28.0 Å². The Labute approximate surface area is 154 Å². The van der Waals surface area contributed by atoms with E-state index in [1.54, 1.807) is 12.1 Å². The van der Waals surface area contributed by atoms with Crippen molar-refractivity contribution in [2.75, 3.05) is 0 Å². The van der Waals surface area contributed by atoms with Gasteiger partial charge in [-0.25, -0.2) is 4.79 Å². The van der Waals surface area contributed by atoms with Gasteiger partial charge in [0.25, 0.3) is 5.56 Å². The van der Waals surface area contributed by atoms with E-state index >= 15 is 0 Å². The Hall–Kier alpha value is -2.92. The van der Waals surface area contributed by atoms with Gasteiger partial charge in [-0.2, -0.15) is 4.98 Å². The minimum absolute atomic E-state index is 0.330. The highest BCUT2D eigenvalue weighted by Crippen LogP contribution is 2.32. The third-order valence-electron chi connectivity index (χ3n) is 4.78. The molecule has 0 saturated heterocycles. The molecule has 4 rings (SSSR count). The van der Waals surface area contributed by atoms with Crippen LogP contribution in [0.3, 0.4) is 0 Å². The van der Waals surface area contributed by atoms with Crippen molar-refractivity contribution in [3.63, 3.8) is 0 Å². The molecule has 0 atom stereocenters. The second-order valence-corrected chi connectivity index (χ2v) is 6.82. The third-order valence-corrected chi connectivity index (χ3v) is 5.11. The van der Waals surface area contributed by atoms with Gasteiger partial charge in [-0.3, -0.25) is 13.9 Å². The first kappa shape index (κ1) is 16.5. The van der Waals surface area contributed by atoms with Crippen molar-refractivity contribution in [2.24, 2.45) is 7.05 Å². The molecule has 0 amide bonds. The monoisotopic (exact) mass is 365 g/mol. The van der Waals surface area contributed by atoms with E-state index in [4.69, 9.17) is 11.6 Å². The highest BCUT2D eigenvalue weighted by atomic mass is 35.5. The molecule has 0 aliphatic carbocycles. The van der Waals surface area contributed by atoms with Crippen LogP contribution in [0.5, 0.6) is 0 Å². The number of benzene rings is 2. The first-order valence-corrected chi connectivity index (χ1v) is 8.55. The molecule has 0 aromatic heterocycles. The largest absolute Gasteiger partial charge is 0.352 e. The zero-order chi connectivity index (χ0) is 18.6. The van der Waals surface area contributed by atoms with Crippen molar-refractivity contribution >= 4 is 22.5 Å². The van der Waals surface area contributed by atoms with E-state index in [9.17, 15) is 9.59 Å². The van der Waals surface area contributed by atoms with Crippen LogP contribution in [-0.2, 0) is 7.05 Å². The molecule has 2 aromatic rings. The lowest BCUT2D eigenvalue weighted by atomic mass is 10.1. The number of fused-ring (bicyclic) bond motifs is 2. The molecule has 2 aliphatic heterocycles. The maximum absolute atomic E-state index is 12.7. The lowest BCUT2D eigenvalue weighted by molar-refractivity contribution is 0.766. The molecule has 2 aliphatic rings. The molecule has 0 unspecified atom stereocenters. The molecule has 0 saturated carbocycles. The lowest BCUT2D eigenvalue weighted by Crippen LogP contribution is -2.35. The van der Waals surface area contributed by atoms with Crippen LogP contribution in [-0.4, -0.2) is 14.1 Å². The summed E-state index contributed by atoms with van der Waals surface area (Å²) in [5, 5.41) is 1.27. The minimum atomic E-state index is -0.582. The molecule has 2 aromatic carbocycles. The number of aromatic nitrogens is 3. The van der Waals surface area contributed by atoms with Gasteiger partial charge in [0.1, 0.15) is 0 Å². The Morgan fingerprint density at radius 3 is 2.50 bits per heavy atom. The zero-order valence-electron chi connectivity index (χ0n) is 14.6. The number of rotatable bonds is 1. The molecule has 0 radical (unpaired) electrons. The van der Waals surface area contributed by atoms with Gasteiger partial charge in [-0.1, -0.05) is 23.7 Å². The van der Waals surface area contributed by atoms with Crippen LogP contribution in [0.1, 0.15) is 11.1 Å². The lowest BCUT2D eigenvalue weighted by Gasteiger charge is -2.19. The van der Waals surface area contributed by atoms with Crippen LogP contribution in [0, 0.1) is 13.8 Å². The fourth-order valence-electron chi connectivity index (χ4n) is 3.13. The molecule has 0 N–H and O–H groups in total. The molecular formula is C20H16ClN3O2. The Morgan fingerprint density at radius 2 is 1.77 bits per heavy atom. The van der Waals surface area contributed by atoms with Gasteiger partial charge in [0.15, 0.2) is 5.82 Å². The number of nitrogens with zero attached hydrogens (tertiary/aromatic N) is 3. The number of aryl methyl sites for hydroxylation is 2. The predicted molar refractivity (Wildman–Crippen MR) is 104 cm³/mol. The Balaban J connectivity index is 2.28. The maximum Gasteiger partial charge on any atom is 0.352 e. The van der Waals surface area contributed by atoms with E-state index in [2.05, 4.69) is 4.98 Å². The van der Waals surface area contributed by atoms with Crippen LogP contribution in [0.15, 0.2) is 52.1 Å². The zero-order valence-corrected chi connectivity index (χ0v) is 15.3. The van der Waals surface area contributed by atoms with Gasteiger partial charge in [0, 0.05) is 23.1 Å². The number of pyridine rings is 1. The molecule has 26 heavy (non-hydrogen) atoms. The van der Waals surface area contributed by atoms with Gasteiger partial charge >= 0.3 is 5.69 Å². The minimum Gasteiger partial charge on any atom is -0.294 e. The van der Waals surface area contributed by atoms with Crippen molar-refractivity contribution in [1.29, 1.82) is 0 Å². The number of halogens is 1. The van der Waals surface area contributed by atoms with E-state index in [-0.39, 0.29) is 5.56 Å². The van der Waals surface area contributed by atoms with E-state index in [0.29, 0.717) is 16.4 Å². The van der Waals surface area contributed by atoms with Crippen LogP contribution >= 0.6 is 11.6 Å². The Kier molecular flexibility index (Phi) is 3.70.